The van der Waals surface area contributed by atoms with E-state index in [0.717, 1.165) is 50.2 Å². The second-order valence-corrected chi connectivity index (χ2v) is 5.76. The van der Waals surface area contributed by atoms with Crippen molar-refractivity contribution >= 4 is 5.91 Å². The highest BCUT2D eigenvalue weighted by molar-refractivity contribution is 5.79. The van der Waals surface area contributed by atoms with Crippen LogP contribution in [0.1, 0.15) is 24.8 Å². The molecule has 1 aromatic rings. The molecule has 0 aliphatic rings. The van der Waals surface area contributed by atoms with Crippen molar-refractivity contribution < 1.29 is 9.53 Å². The van der Waals surface area contributed by atoms with Gasteiger partial charge in [0, 0.05) is 18.7 Å². The number of nitrogens with one attached hydrogen (secondary N) is 1. The molecule has 0 unspecified atom stereocenters. The van der Waals surface area contributed by atoms with Crippen LogP contribution in [-0.2, 0) is 11.2 Å². The lowest BCUT2D eigenvalue weighted by Crippen LogP contribution is -2.36. The number of benzene rings is 1. The monoisotopic (exact) mass is 336 g/mol. The van der Waals surface area contributed by atoms with Crippen LogP contribution in [0.3, 0.4) is 0 Å². The van der Waals surface area contributed by atoms with E-state index in [2.05, 4.69) is 5.32 Å². The second kappa shape index (κ2) is 12.8. The Morgan fingerprint density at radius 1 is 1.08 bits per heavy atom. The van der Waals surface area contributed by atoms with Crippen LogP contribution in [0, 0.1) is 0 Å². The van der Waals surface area contributed by atoms with Crippen molar-refractivity contribution in [2.75, 3.05) is 46.4 Å². The van der Waals surface area contributed by atoms with Gasteiger partial charge in [0.15, 0.2) is 0 Å². The average Bonchev–Trinajstić information content (AvgIpc) is 2.60. The number of ether oxygens (including phenoxy) is 1. The molecule has 24 heavy (non-hydrogen) atoms. The van der Waals surface area contributed by atoms with E-state index in [1.54, 1.807) is 7.11 Å². The van der Waals surface area contributed by atoms with Gasteiger partial charge in [-0.05, 0) is 51.5 Å². The molecule has 0 atom stereocenters. The minimum atomic E-state index is 0.120. The summed E-state index contributed by atoms with van der Waals surface area (Å²) in [6, 6.07) is 7.66. The van der Waals surface area contributed by atoms with Gasteiger partial charge in [0.1, 0.15) is 5.75 Å². The fourth-order valence-electron chi connectivity index (χ4n) is 2.51. The van der Waals surface area contributed by atoms with Crippen molar-refractivity contribution in [2.45, 2.75) is 25.7 Å². The summed E-state index contributed by atoms with van der Waals surface area (Å²) in [7, 11) is 1.63. The van der Waals surface area contributed by atoms with Crippen molar-refractivity contribution in [2.24, 2.45) is 11.5 Å². The zero-order valence-electron chi connectivity index (χ0n) is 14.8. The highest BCUT2D eigenvalue weighted by atomic mass is 16.5. The Labute approximate surface area is 145 Å². The number of methoxy groups -OCH3 is 1. The molecule has 0 fully saturated rings. The van der Waals surface area contributed by atoms with E-state index in [4.69, 9.17) is 16.2 Å². The molecule has 0 saturated heterocycles. The van der Waals surface area contributed by atoms with E-state index in [0.29, 0.717) is 26.1 Å². The van der Waals surface area contributed by atoms with Crippen molar-refractivity contribution in [3.8, 4) is 5.75 Å². The molecule has 6 heteroatoms. The molecular weight excluding hydrogens is 304 g/mol. The first kappa shape index (κ1) is 20.4. The molecule has 0 aliphatic carbocycles. The van der Waals surface area contributed by atoms with E-state index in [9.17, 15) is 4.79 Å². The zero-order valence-corrected chi connectivity index (χ0v) is 14.8. The van der Waals surface area contributed by atoms with Gasteiger partial charge in [-0.1, -0.05) is 18.2 Å². The molecule has 1 rings (SSSR count). The Kier molecular flexibility index (Phi) is 10.8. The van der Waals surface area contributed by atoms with Crippen molar-refractivity contribution in [1.82, 2.24) is 10.2 Å². The Morgan fingerprint density at radius 2 is 1.75 bits per heavy atom. The topological polar surface area (TPSA) is 93.6 Å². The highest BCUT2D eigenvalue weighted by Crippen LogP contribution is 2.18. The van der Waals surface area contributed by atoms with Gasteiger partial charge >= 0.3 is 0 Å². The second-order valence-electron chi connectivity index (χ2n) is 5.76. The van der Waals surface area contributed by atoms with Crippen LogP contribution in [0.25, 0.3) is 0 Å². The van der Waals surface area contributed by atoms with Crippen LogP contribution < -0.4 is 21.5 Å². The normalized spacial score (nSPS) is 10.6. The van der Waals surface area contributed by atoms with E-state index in [1.165, 1.54) is 0 Å². The summed E-state index contributed by atoms with van der Waals surface area (Å²) < 4.78 is 5.33. The van der Waals surface area contributed by atoms with Gasteiger partial charge in [0.05, 0.1) is 13.5 Å². The van der Waals surface area contributed by atoms with Crippen LogP contribution in [0.5, 0.6) is 5.75 Å². The van der Waals surface area contributed by atoms with Gasteiger partial charge in [0.25, 0.3) is 0 Å². The molecule has 0 saturated carbocycles. The number of hydrogen-bond donors (Lipinski definition) is 3. The molecule has 6 nitrogen and oxygen atoms in total. The summed E-state index contributed by atoms with van der Waals surface area (Å²) in [5.41, 5.74) is 12.0. The molecule has 0 spiro atoms. The quantitative estimate of drug-likeness (QED) is 0.462. The van der Waals surface area contributed by atoms with Gasteiger partial charge in [-0.15, -0.1) is 0 Å². The maximum Gasteiger partial charge on any atom is 0.227 e. The van der Waals surface area contributed by atoms with Crippen LogP contribution in [-0.4, -0.2) is 57.2 Å². The first-order chi connectivity index (χ1) is 11.7. The molecule has 0 bridgehead atoms. The fourth-order valence-corrected chi connectivity index (χ4v) is 2.51. The maximum atomic E-state index is 12.6. The first-order valence-corrected chi connectivity index (χ1v) is 8.73. The van der Waals surface area contributed by atoms with E-state index in [-0.39, 0.29) is 5.91 Å². The molecule has 0 heterocycles. The molecule has 1 amide bonds. The van der Waals surface area contributed by atoms with Crippen LogP contribution in [0.15, 0.2) is 24.3 Å². The van der Waals surface area contributed by atoms with Crippen LogP contribution in [0.2, 0.25) is 0 Å². The number of nitrogens with zero attached hydrogens (tertiary/aromatic N) is 1. The summed E-state index contributed by atoms with van der Waals surface area (Å²) >= 11 is 0. The van der Waals surface area contributed by atoms with E-state index < -0.39 is 0 Å². The summed E-state index contributed by atoms with van der Waals surface area (Å²) in [5, 5.41) is 3.34. The molecule has 0 aliphatic heterocycles. The lowest BCUT2D eigenvalue weighted by atomic mass is 10.1. The van der Waals surface area contributed by atoms with Crippen molar-refractivity contribution in [3.05, 3.63) is 29.8 Å². The Hall–Kier alpha value is -1.63. The number of carbonyl (C=O) groups is 1. The summed E-state index contributed by atoms with van der Waals surface area (Å²) in [5.74, 6) is 0.878. The van der Waals surface area contributed by atoms with E-state index >= 15 is 0 Å². The number of carbonyl (C=O) groups excluding carboxylic acids is 1. The van der Waals surface area contributed by atoms with Crippen LogP contribution >= 0.6 is 0 Å². The molecule has 0 aromatic heterocycles. The third-order valence-corrected chi connectivity index (χ3v) is 3.86. The lowest BCUT2D eigenvalue weighted by molar-refractivity contribution is -0.130. The van der Waals surface area contributed by atoms with Gasteiger partial charge in [-0.3, -0.25) is 4.79 Å². The third-order valence-electron chi connectivity index (χ3n) is 3.86. The lowest BCUT2D eigenvalue weighted by Gasteiger charge is -2.23. The molecule has 5 N–H and O–H groups in total. The maximum absolute atomic E-state index is 12.6. The Balaban J connectivity index is 2.51. The number of hydrogen-bond acceptors (Lipinski definition) is 5. The van der Waals surface area contributed by atoms with Gasteiger partial charge in [-0.2, -0.15) is 0 Å². The molecule has 0 radical (unpaired) electrons. The Bertz CT molecular complexity index is 468. The predicted molar refractivity (Wildman–Crippen MR) is 98.1 cm³/mol. The summed E-state index contributed by atoms with van der Waals surface area (Å²) in [6.45, 7) is 4.55. The number of amides is 1. The minimum Gasteiger partial charge on any atom is -0.496 e. The SMILES string of the molecule is COc1ccccc1CC(=O)N(CCCN)CCCNCCCN. The van der Waals surface area contributed by atoms with Gasteiger partial charge < -0.3 is 26.4 Å². The van der Waals surface area contributed by atoms with Gasteiger partial charge in [-0.25, -0.2) is 0 Å². The number of nitrogens with two attached hydrogens (primary N) is 2. The zero-order chi connectivity index (χ0) is 17.6. The van der Waals surface area contributed by atoms with E-state index in [1.807, 2.05) is 29.2 Å². The van der Waals surface area contributed by atoms with Crippen molar-refractivity contribution in [3.63, 3.8) is 0 Å². The molecular formula is C18H32N4O2. The van der Waals surface area contributed by atoms with Gasteiger partial charge in [0.2, 0.25) is 5.91 Å². The summed E-state index contributed by atoms with van der Waals surface area (Å²) in [4.78, 5) is 14.6. The standard InChI is InChI=1S/C18H32N4O2/c1-24-17-8-3-2-7-16(17)15-18(23)22(13-5-10-20)14-6-12-21-11-4-9-19/h2-3,7-8,21H,4-6,9-15,19-20H2,1H3. The fraction of sp³-hybridized carbons (Fsp3) is 0.611. The summed E-state index contributed by atoms with van der Waals surface area (Å²) in [6.07, 6.45) is 3.07. The number of rotatable bonds is 13. The molecule has 136 valence electrons. The smallest absolute Gasteiger partial charge is 0.227 e. The predicted octanol–water partition coefficient (Wildman–Crippen LogP) is 0.744. The van der Waals surface area contributed by atoms with Crippen molar-refractivity contribution in [1.29, 1.82) is 0 Å². The molecule has 1 aromatic carbocycles. The third kappa shape index (κ3) is 7.77. The number of para-hydroxylation sites is 1. The minimum absolute atomic E-state index is 0.120. The largest absolute Gasteiger partial charge is 0.496 e. The highest BCUT2D eigenvalue weighted by Gasteiger charge is 2.15. The average molecular weight is 336 g/mol. The first-order valence-electron chi connectivity index (χ1n) is 8.73. The van der Waals surface area contributed by atoms with Crippen LogP contribution in [0.4, 0.5) is 0 Å². The Morgan fingerprint density at radius 3 is 2.46 bits per heavy atom.